The minimum Gasteiger partial charge on any atom is -0.495 e. The Kier molecular flexibility index (Phi) is 5.20. The van der Waals surface area contributed by atoms with Gasteiger partial charge in [-0.25, -0.2) is 0 Å². The number of ether oxygens (including phenoxy) is 1. The molecule has 1 unspecified atom stereocenters. The fourth-order valence-corrected chi connectivity index (χ4v) is 2.51. The van der Waals surface area contributed by atoms with Gasteiger partial charge in [0.15, 0.2) is 5.78 Å². The Labute approximate surface area is 126 Å². The minimum atomic E-state index is -0.203. The lowest BCUT2D eigenvalue weighted by atomic mass is 9.89. The van der Waals surface area contributed by atoms with Crippen molar-refractivity contribution in [3.8, 4) is 0 Å². The van der Waals surface area contributed by atoms with Crippen LogP contribution in [0.1, 0.15) is 33.1 Å². The fraction of sp³-hybridized carbons (Fsp3) is 0.389. The van der Waals surface area contributed by atoms with Crippen LogP contribution in [0.25, 0.3) is 0 Å². The summed E-state index contributed by atoms with van der Waals surface area (Å²) in [5.74, 6) is 0.755. The molecule has 0 amide bonds. The second kappa shape index (κ2) is 7.11. The summed E-state index contributed by atoms with van der Waals surface area (Å²) in [6, 6.07) is 9.89. The van der Waals surface area contributed by atoms with E-state index in [0.29, 0.717) is 0 Å². The van der Waals surface area contributed by atoms with Crippen LogP contribution in [0.5, 0.6) is 0 Å². The Hall–Kier alpha value is -2.03. The van der Waals surface area contributed by atoms with E-state index in [-0.39, 0.29) is 11.7 Å². The van der Waals surface area contributed by atoms with E-state index < -0.39 is 0 Å². The molecule has 0 radical (unpaired) electrons. The van der Waals surface area contributed by atoms with Gasteiger partial charge in [0, 0.05) is 5.69 Å². The number of unbranched alkanes of at least 4 members (excludes halogenated alkanes) is 1. The molecule has 112 valence electrons. The molecule has 1 aliphatic rings. The molecule has 2 rings (SSSR count). The molecular formula is C18H23NO2. The van der Waals surface area contributed by atoms with Gasteiger partial charge in [-0.2, -0.15) is 0 Å². The molecule has 0 spiro atoms. The van der Waals surface area contributed by atoms with Crippen LogP contribution in [-0.2, 0) is 9.53 Å². The van der Waals surface area contributed by atoms with Crippen LogP contribution in [-0.4, -0.2) is 12.9 Å². The lowest BCUT2D eigenvalue weighted by Crippen LogP contribution is -2.24. The highest BCUT2D eigenvalue weighted by Crippen LogP contribution is 2.31. The molecule has 0 fully saturated rings. The molecule has 3 heteroatoms. The quantitative estimate of drug-likeness (QED) is 0.847. The number of nitrogens with one attached hydrogen (secondary N) is 1. The van der Waals surface area contributed by atoms with Crippen molar-refractivity contribution in [3.05, 3.63) is 53.4 Å². The number of hydrogen-bond donors (Lipinski definition) is 1. The van der Waals surface area contributed by atoms with Crippen LogP contribution in [0.3, 0.4) is 0 Å². The van der Waals surface area contributed by atoms with Gasteiger partial charge < -0.3 is 10.1 Å². The molecule has 3 nitrogen and oxygen atoms in total. The van der Waals surface area contributed by atoms with Gasteiger partial charge in [0.2, 0.25) is 0 Å². The van der Waals surface area contributed by atoms with Gasteiger partial charge in [-0.15, -0.1) is 0 Å². The van der Waals surface area contributed by atoms with E-state index in [0.717, 1.165) is 42.0 Å². The lowest BCUT2D eigenvalue weighted by molar-refractivity contribution is -0.117. The molecule has 1 aromatic rings. The first-order valence-electron chi connectivity index (χ1n) is 7.52. The van der Waals surface area contributed by atoms with Gasteiger partial charge in [0.05, 0.1) is 18.7 Å². The van der Waals surface area contributed by atoms with Crippen molar-refractivity contribution in [1.29, 1.82) is 0 Å². The van der Waals surface area contributed by atoms with Gasteiger partial charge in [-0.05, 0) is 43.5 Å². The number of hydrogen-bond acceptors (Lipinski definition) is 3. The number of allylic oxidation sites excluding steroid dienone is 3. The third kappa shape index (κ3) is 3.54. The maximum Gasteiger partial charge on any atom is 0.164 e. The number of para-hydroxylation sites is 1. The van der Waals surface area contributed by atoms with Crippen LogP contribution in [0.2, 0.25) is 0 Å². The van der Waals surface area contributed by atoms with Crippen molar-refractivity contribution < 1.29 is 9.53 Å². The summed E-state index contributed by atoms with van der Waals surface area (Å²) >= 11 is 0. The second-order valence-corrected chi connectivity index (χ2v) is 5.34. The monoisotopic (exact) mass is 285 g/mol. The van der Waals surface area contributed by atoms with E-state index in [1.54, 1.807) is 13.2 Å². The summed E-state index contributed by atoms with van der Waals surface area (Å²) in [6.45, 7) is 4.06. The van der Waals surface area contributed by atoms with Crippen molar-refractivity contribution in [2.75, 3.05) is 12.4 Å². The molecule has 1 atom stereocenters. The Morgan fingerprint density at radius 1 is 1.24 bits per heavy atom. The molecule has 0 aliphatic heterocycles. The van der Waals surface area contributed by atoms with Crippen LogP contribution in [0.15, 0.2) is 53.4 Å². The van der Waals surface area contributed by atoms with E-state index in [9.17, 15) is 4.79 Å². The van der Waals surface area contributed by atoms with Gasteiger partial charge in [-0.3, -0.25) is 4.79 Å². The maximum absolute atomic E-state index is 12.2. The second-order valence-electron chi connectivity index (χ2n) is 5.34. The van der Waals surface area contributed by atoms with E-state index in [4.69, 9.17) is 4.74 Å². The zero-order chi connectivity index (χ0) is 15.2. The normalized spacial score (nSPS) is 18.5. The molecule has 1 aromatic carbocycles. The van der Waals surface area contributed by atoms with Crippen LogP contribution in [0, 0.1) is 5.92 Å². The minimum absolute atomic E-state index is 0.139. The predicted molar refractivity (Wildman–Crippen MR) is 85.9 cm³/mol. The largest absolute Gasteiger partial charge is 0.495 e. The van der Waals surface area contributed by atoms with Crippen LogP contribution < -0.4 is 5.32 Å². The van der Waals surface area contributed by atoms with Crippen molar-refractivity contribution in [3.63, 3.8) is 0 Å². The Morgan fingerprint density at radius 3 is 2.57 bits per heavy atom. The zero-order valence-corrected chi connectivity index (χ0v) is 13.0. The number of carbonyl (C=O) groups excluding carboxylic acids is 1. The summed E-state index contributed by atoms with van der Waals surface area (Å²) in [6.07, 6.45) is 4.77. The molecule has 0 saturated carbocycles. The Balaban J connectivity index is 2.34. The average Bonchev–Trinajstić information content (AvgIpc) is 2.51. The molecule has 0 saturated heterocycles. The average molecular weight is 285 g/mol. The van der Waals surface area contributed by atoms with Crippen LogP contribution >= 0.6 is 0 Å². The molecule has 1 N–H and O–H groups in total. The molecule has 0 heterocycles. The first-order chi connectivity index (χ1) is 10.2. The Morgan fingerprint density at radius 2 is 1.95 bits per heavy atom. The number of methoxy groups -OCH3 is 1. The number of anilines is 1. The summed E-state index contributed by atoms with van der Waals surface area (Å²) in [4.78, 5) is 12.2. The highest BCUT2D eigenvalue weighted by molar-refractivity contribution is 5.97. The summed E-state index contributed by atoms with van der Waals surface area (Å²) in [5, 5.41) is 3.36. The van der Waals surface area contributed by atoms with Crippen molar-refractivity contribution in [1.82, 2.24) is 0 Å². The van der Waals surface area contributed by atoms with E-state index in [1.807, 2.05) is 37.3 Å². The molecule has 0 aromatic heterocycles. The summed E-state index contributed by atoms with van der Waals surface area (Å²) in [5.41, 5.74) is 2.83. The molecule has 0 bridgehead atoms. The Bertz CT molecular complexity index is 558. The molecule has 21 heavy (non-hydrogen) atoms. The van der Waals surface area contributed by atoms with Crippen molar-refractivity contribution in [2.45, 2.75) is 33.1 Å². The third-order valence-corrected chi connectivity index (χ3v) is 3.77. The highest BCUT2D eigenvalue weighted by atomic mass is 16.5. The number of benzene rings is 1. The topological polar surface area (TPSA) is 38.3 Å². The molecular weight excluding hydrogens is 262 g/mol. The van der Waals surface area contributed by atoms with Gasteiger partial charge in [0.25, 0.3) is 0 Å². The van der Waals surface area contributed by atoms with Gasteiger partial charge in [-0.1, -0.05) is 31.5 Å². The van der Waals surface area contributed by atoms with Gasteiger partial charge >= 0.3 is 0 Å². The number of ketones is 1. The fourth-order valence-electron chi connectivity index (χ4n) is 2.51. The summed E-state index contributed by atoms with van der Waals surface area (Å²) < 4.78 is 5.60. The van der Waals surface area contributed by atoms with Crippen molar-refractivity contribution in [2.24, 2.45) is 5.92 Å². The number of rotatable bonds is 6. The zero-order valence-electron chi connectivity index (χ0n) is 13.0. The first-order valence-corrected chi connectivity index (χ1v) is 7.52. The van der Waals surface area contributed by atoms with Crippen molar-refractivity contribution >= 4 is 11.5 Å². The maximum atomic E-state index is 12.2. The predicted octanol–water partition coefficient (Wildman–Crippen LogP) is 4.29. The van der Waals surface area contributed by atoms with E-state index in [2.05, 4.69) is 12.2 Å². The lowest BCUT2D eigenvalue weighted by Gasteiger charge is -2.26. The third-order valence-electron chi connectivity index (χ3n) is 3.77. The summed E-state index contributed by atoms with van der Waals surface area (Å²) in [7, 11) is 1.67. The smallest absolute Gasteiger partial charge is 0.164 e. The van der Waals surface area contributed by atoms with Crippen LogP contribution in [0.4, 0.5) is 5.69 Å². The number of carbonyl (C=O) groups is 1. The van der Waals surface area contributed by atoms with E-state index in [1.165, 1.54) is 0 Å². The molecule has 1 aliphatic carbocycles. The SMILES string of the molecule is CCCCC1=CC(=O)C(C)C(Nc2ccccc2)=C1OC. The first kappa shape index (κ1) is 15.4. The van der Waals surface area contributed by atoms with Gasteiger partial charge in [0.1, 0.15) is 5.76 Å². The standard InChI is InChI=1S/C18H23NO2/c1-4-5-9-14-12-16(20)13(2)17(18(14)21-3)19-15-10-7-6-8-11-15/h6-8,10-13,19H,4-5,9H2,1-3H3. The van der Waals surface area contributed by atoms with E-state index >= 15 is 0 Å². The highest BCUT2D eigenvalue weighted by Gasteiger charge is 2.28.